The fraction of sp³-hybridized carbons (Fsp3) is 0.417. The lowest BCUT2D eigenvalue weighted by atomic mass is 9.93. The van der Waals surface area contributed by atoms with Gasteiger partial charge in [0.25, 0.3) is 5.91 Å². The molecule has 0 atom stereocenters. The van der Waals surface area contributed by atoms with Gasteiger partial charge in [0.2, 0.25) is 0 Å². The Bertz CT molecular complexity index is 443. The van der Waals surface area contributed by atoms with Gasteiger partial charge >= 0.3 is 0 Å². The van der Waals surface area contributed by atoms with Crippen LogP contribution in [0.25, 0.3) is 0 Å². The van der Waals surface area contributed by atoms with Gasteiger partial charge in [-0.2, -0.15) is 0 Å². The molecule has 92 valence electrons. The normalized spacial score (nSPS) is 11.0. The van der Waals surface area contributed by atoms with Crippen molar-refractivity contribution in [2.24, 2.45) is 11.1 Å². The number of aromatic nitrogens is 1. The fourth-order valence-corrected chi connectivity index (χ4v) is 1.22. The first-order chi connectivity index (χ1) is 7.83. The van der Waals surface area contributed by atoms with E-state index in [1.807, 2.05) is 26.8 Å². The van der Waals surface area contributed by atoms with E-state index in [9.17, 15) is 4.79 Å². The summed E-state index contributed by atoms with van der Waals surface area (Å²) in [6.07, 6.45) is 0. The van der Waals surface area contributed by atoms with Gasteiger partial charge in [0.15, 0.2) is 0 Å². The van der Waals surface area contributed by atoms with Crippen molar-refractivity contribution >= 4 is 23.1 Å². The highest BCUT2D eigenvalue weighted by Crippen LogP contribution is 2.13. The molecule has 0 spiro atoms. The molecule has 1 rings (SSSR count). The Morgan fingerprint density at radius 3 is 2.71 bits per heavy atom. The average molecular weight is 251 g/mol. The van der Waals surface area contributed by atoms with Gasteiger partial charge in [0.05, 0.1) is 4.99 Å². The number of carbonyl (C=O) groups excluding carboxylic acids is 1. The maximum Gasteiger partial charge on any atom is 0.269 e. The van der Waals surface area contributed by atoms with Crippen LogP contribution in [0.3, 0.4) is 0 Å². The molecular formula is C12H17N3OS. The monoisotopic (exact) mass is 251 g/mol. The lowest BCUT2D eigenvalue weighted by Gasteiger charge is -2.23. The SMILES string of the molecule is Cc1cccc(C(=O)NCC(C)(C)C(N)=S)n1. The molecule has 17 heavy (non-hydrogen) atoms. The zero-order chi connectivity index (χ0) is 13.1. The Balaban J connectivity index is 2.65. The van der Waals surface area contributed by atoms with Crippen LogP contribution in [0.2, 0.25) is 0 Å². The number of nitrogens with two attached hydrogens (primary N) is 1. The summed E-state index contributed by atoms with van der Waals surface area (Å²) in [5.41, 5.74) is 6.41. The molecule has 0 unspecified atom stereocenters. The van der Waals surface area contributed by atoms with Gasteiger partial charge in [0, 0.05) is 17.7 Å². The maximum absolute atomic E-state index is 11.8. The number of pyridine rings is 1. The molecule has 0 aromatic carbocycles. The predicted molar refractivity (Wildman–Crippen MR) is 71.9 cm³/mol. The largest absolute Gasteiger partial charge is 0.393 e. The number of hydrogen-bond donors (Lipinski definition) is 2. The molecule has 0 aliphatic carbocycles. The van der Waals surface area contributed by atoms with Gasteiger partial charge in [-0.25, -0.2) is 4.98 Å². The molecule has 0 radical (unpaired) electrons. The van der Waals surface area contributed by atoms with Crippen LogP contribution in [-0.2, 0) is 0 Å². The molecule has 5 heteroatoms. The first-order valence-corrected chi connectivity index (χ1v) is 5.75. The van der Waals surface area contributed by atoms with Gasteiger partial charge in [-0.3, -0.25) is 4.79 Å². The molecule has 1 aromatic rings. The number of thiocarbonyl (C=S) groups is 1. The van der Waals surface area contributed by atoms with E-state index in [-0.39, 0.29) is 5.91 Å². The minimum atomic E-state index is -0.394. The zero-order valence-electron chi connectivity index (χ0n) is 10.3. The van der Waals surface area contributed by atoms with Crippen molar-refractivity contribution in [2.45, 2.75) is 20.8 Å². The van der Waals surface area contributed by atoms with Crippen LogP contribution in [-0.4, -0.2) is 22.4 Å². The molecule has 3 N–H and O–H groups in total. The van der Waals surface area contributed by atoms with E-state index in [1.165, 1.54) is 0 Å². The second-order valence-electron chi connectivity index (χ2n) is 4.60. The van der Waals surface area contributed by atoms with E-state index in [4.69, 9.17) is 18.0 Å². The Morgan fingerprint density at radius 1 is 1.53 bits per heavy atom. The van der Waals surface area contributed by atoms with Crippen LogP contribution < -0.4 is 11.1 Å². The lowest BCUT2D eigenvalue weighted by molar-refractivity contribution is 0.0940. The lowest BCUT2D eigenvalue weighted by Crippen LogP contribution is -2.41. The molecule has 0 bridgehead atoms. The van der Waals surface area contributed by atoms with E-state index < -0.39 is 5.41 Å². The third-order valence-corrected chi connectivity index (χ3v) is 3.03. The molecule has 0 aliphatic heterocycles. The molecule has 1 aromatic heterocycles. The number of nitrogens with one attached hydrogen (secondary N) is 1. The number of aryl methyl sites for hydroxylation is 1. The molecule has 1 amide bonds. The number of carbonyl (C=O) groups is 1. The number of hydrogen-bond acceptors (Lipinski definition) is 3. The van der Waals surface area contributed by atoms with Crippen LogP contribution in [0.4, 0.5) is 0 Å². The first kappa shape index (κ1) is 13.6. The summed E-state index contributed by atoms with van der Waals surface area (Å²) in [7, 11) is 0. The average Bonchev–Trinajstić information content (AvgIpc) is 2.25. The highest BCUT2D eigenvalue weighted by Gasteiger charge is 2.22. The van der Waals surface area contributed by atoms with Crippen molar-refractivity contribution in [3.8, 4) is 0 Å². The van der Waals surface area contributed by atoms with Crippen LogP contribution in [0.15, 0.2) is 18.2 Å². The summed E-state index contributed by atoms with van der Waals surface area (Å²) in [5.74, 6) is -0.210. The van der Waals surface area contributed by atoms with E-state index in [0.717, 1.165) is 5.69 Å². The fourth-order valence-electron chi connectivity index (χ4n) is 1.15. The van der Waals surface area contributed by atoms with Crippen molar-refractivity contribution in [3.63, 3.8) is 0 Å². The summed E-state index contributed by atoms with van der Waals surface area (Å²) < 4.78 is 0. The summed E-state index contributed by atoms with van der Waals surface area (Å²) in [4.78, 5) is 16.3. The van der Waals surface area contributed by atoms with E-state index in [1.54, 1.807) is 12.1 Å². The molecular weight excluding hydrogens is 234 g/mol. The summed E-state index contributed by atoms with van der Waals surface area (Å²) in [6.45, 7) is 6.02. The second-order valence-corrected chi connectivity index (χ2v) is 5.03. The Kier molecular flexibility index (Phi) is 4.17. The van der Waals surface area contributed by atoms with Gasteiger partial charge < -0.3 is 11.1 Å². The van der Waals surface area contributed by atoms with E-state index >= 15 is 0 Å². The quantitative estimate of drug-likeness (QED) is 0.794. The standard InChI is InChI=1S/C12H17N3OS/c1-8-5-4-6-9(15-8)10(16)14-7-12(2,3)11(13)17/h4-6H,7H2,1-3H3,(H2,13,17)(H,14,16). The van der Waals surface area contributed by atoms with Crippen molar-refractivity contribution in [1.29, 1.82) is 0 Å². The second kappa shape index (κ2) is 5.23. The number of nitrogens with zero attached hydrogens (tertiary/aromatic N) is 1. The van der Waals surface area contributed by atoms with Gasteiger partial charge in [-0.15, -0.1) is 0 Å². The third kappa shape index (κ3) is 3.78. The Morgan fingerprint density at radius 2 is 2.18 bits per heavy atom. The van der Waals surface area contributed by atoms with Crippen molar-refractivity contribution in [2.75, 3.05) is 6.54 Å². The van der Waals surface area contributed by atoms with Crippen LogP contribution in [0, 0.1) is 12.3 Å². The topological polar surface area (TPSA) is 68.0 Å². The third-order valence-electron chi connectivity index (χ3n) is 2.48. The molecule has 0 saturated carbocycles. The van der Waals surface area contributed by atoms with E-state index in [0.29, 0.717) is 17.2 Å². The van der Waals surface area contributed by atoms with E-state index in [2.05, 4.69) is 10.3 Å². The summed E-state index contributed by atoms with van der Waals surface area (Å²) in [6, 6.07) is 5.32. The smallest absolute Gasteiger partial charge is 0.269 e. The highest BCUT2D eigenvalue weighted by molar-refractivity contribution is 7.80. The van der Waals surface area contributed by atoms with Gasteiger partial charge in [-0.1, -0.05) is 32.1 Å². The van der Waals surface area contributed by atoms with Crippen LogP contribution in [0.5, 0.6) is 0 Å². The van der Waals surface area contributed by atoms with Crippen molar-refractivity contribution < 1.29 is 4.79 Å². The number of amides is 1. The predicted octanol–water partition coefficient (Wildman–Crippen LogP) is 1.43. The maximum atomic E-state index is 11.8. The minimum absolute atomic E-state index is 0.210. The molecule has 4 nitrogen and oxygen atoms in total. The first-order valence-electron chi connectivity index (χ1n) is 5.35. The molecule has 0 aliphatic rings. The molecule has 1 heterocycles. The minimum Gasteiger partial charge on any atom is -0.393 e. The zero-order valence-corrected chi connectivity index (χ0v) is 11.1. The van der Waals surface area contributed by atoms with Gasteiger partial charge in [-0.05, 0) is 19.1 Å². The molecule has 0 fully saturated rings. The number of rotatable bonds is 4. The van der Waals surface area contributed by atoms with Crippen LogP contribution in [0.1, 0.15) is 30.0 Å². The molecule has 0 saturated heterocycles. The Labute approximate surface area is 107 Å². The Hall–Kier alpha value is -1.49. The highest BCUT2D eigenvalue weighted by atomic mass is 32.1. The van der Waals surface area contributed by atoms with Crippen LogP contribution >= 0.6 is 12.2 Å². The van der Waals surface area contributed by atoms with Gasteiger partial charge in [0.1, 0.15) is 5.69 Å². The summed E-state index contributed by atoms with van der Waals surface area (Å²) >= 11 is 4.93. The van der Waals surface area contributed by atoms with Crippen molar-refractivity contribution in [3.05, 3.63) is 29.6 Å². The summed E-state index contributed by atoms with van der Waals surface area (Å²) in [5, 5.41) is 2.78. The van der Waals surface area contributed by atoms with Crippen molar-refractivity contribution in [1.82, 2.24) is 10.3 Å².